The van der Waals surface area contributed by atoms with E-state index in [-0.39, 0.29) is 18.6 Å². The van der Waals surface area contributed by atoms with E-state index in [1.807, 2.05) is 31.2 Å². The van der Waals surface area contributed by atoms with E-state index in [1.165, 1.54) is 0 Å². The van der Waals surface area contributed by atoms with Gasteiger partial charge >= 0.3 is 0 Å². The van der Waals surface area contributed by atoms with Crippen LogP contribution in [0.5, 0.6) is 0 Å². The van der Waals surface area contributed by atoms with Crippen molar-refractivity contribution in [2.24, 2.45) is 0 Å². The highest BCUT2D eigenvalue weighted by molar-refractivity contribution is 7.22. The van der Waals surface area contributed by atoms with Gasteiger partial charge in [-0.2, -0.15) is 0 Å². The molecule has 1 atom stereocenters. The molecule has 1 saturated heterocycles. The SMILES string of the molecule is CCN(C(=O)CN1CCCC[C@@H]1CO)c1nc2ccccc2s1. The number of piperidine rings is 1. The van der Waals surface area contributed by atoms with Gasteiger partial charge in [-0.15, -0.1) is 0 Å². The number of aliphatic hydroxyl groups excluding tert-OH is 1. The highest BCUT2D eigenvalue weighted by Crippen LogP contribution is 2.29. The molecule has 2 aromatic rings. The lowest BCUT2D eigenvalue weighted by Gasteiger charge is -2.35. The second-order valence-corrected chi connectivity index (χ2v) is 6.91. The zero-order chi connectivity index (χ0) is 16.2. The van der Waals surface area contributed by atoms with Gasteiger partial charge in [0.25, 0.3) is 0 Å². The van der Waals surface area contributed by atoms with Crippen LogP contribution in [0.2, 0.25) is 0 Å². The van der Waals surface area contributed by atoms with Gasteiger partial charge < -0.3 is 5.11 Å². The molecule has 0 radical (unpaired) electrons. The maximum absolute atomic E-state index is 12.8. The van der Waals surface area contributed by atoms with Gasteiger partial charge in [-0.05, 0) is 38.4 Å². The van der Waals surface area contributed by atoms with Crippen molar-refractivity contribution in [3.63, 3.8) is 0 Å². The molecule has 0 aliphatic carbocycles. The largest absolute Gasteiger partial charge is 0.395 e. The van der Waals surface area contributed by atoms with Gasteiger partial charge in [0.15, 0.2) is 5.13 Å². The molecule has 3 rings (SSSR count). The average molecular weight is 333 g/mol. The fourth-order valence-electron chi connectivity index (χ4n) is 3.13. The zero-order valence-corrected chi connectivity index (χ0v) is 14.3. The summed E-state index contributed by atoms with van der Waals surface area (Å²) in [7, 11) is 0. The third-order valence-electron chi connectivity index (χ3n) is 4.43. The fourth-order valence-corrected chi connectivity index (χ4v) is 4.17. The molecule has 6 heteroatoms. The highest BCUT2D eigenvalue weighted by atomic mass is 32.1. The first-order valence-corrected chi connectivity index (χ1v) is 9.05. The Morgan fingerprint density at radius 1 is 1.43 bits per heavy atom. The van der Waals surface area contributed by atoms with E-state index in [2.05, 4.69) is 9.88 Å². The molecule has 1 amide bonds. The number of likely N-dealkylation sites (N-methyl/N-ethyl adjacent to an activating group) is 1. The number of benzene rings is 1. The van der Waals surface area contributed by atoms with Crippen LogP contribution < -0.4 is 4.90 Å². The molecule has 0 bridgehead atoms. The molecule has 1 aliphatic rings. The summed E-state index contributed by atoms with van der Waals surface area (Å²) in [6.07, 6.45) is 3.19. The van der Waals surface area contributed by atoms with Crippen molar-refractivity contribution in [1.82, 2.24) is 9.88 Å². The van der Waals surface area contributed by atoms with Crippen LogP contribution in [-0.4, -0.2) is 53.2 Å². The van der Waals surface area contributed by atoms with Crippen LogP contribution in [0.25, 0.3) is 10.2 Å². The topological polar surface area (TPSA) is 56.7 Å². The van der Waals surface area contributed by atoms with E-state index in [1.54, 1.807) is 16.2 Å². The minimum Gasteiger partial charge on any atom is -0.395 e. The third-order valence-corrected chi connectivity index (χ3v) is 5.49. The number of anilines is 1. The quantitative estimate of drug-likeness (QED) is 0.913. The van der Waals surface area contributed by atoms with E-state index >= 15 is 0 Å². The van der Waals surface area contributed by atoms with Gasteiger partial charge in [0.2, 0.25) is 5.91 Å². The van der Waals surface area contributed by atoms with Gasteiger partial charge in [-0.1, -0.05) is 29.9 Å². The molecule has 0 spiro atoms. The molecule has 1 aromatic heterocycles. The van der Waals surface area contributed by atoms with Crippen LogP contribution >= 0.6 is 11.3 Å². The predicted molar refractivity (Wildman–Crippen MR) is 93.9 cm³/mol. The highest BCUT2D eigenvalue weighted by Gasteiger charge is 2.26. The smallest absolute Gasteiger partial charge is 0.242 e. The molecule has 1 aliphatic heterocycles. The van der Waals surface area contributed by atoms with Gasteiger partial charge in [-0.25, -0.2) is 4.98 Å². The van der Waals surface area contributed by atoms with Gasteiger partial charge in [0.1, 0.15) is 0 Å². The van der Waals surface area contributed by atoms with Crippen molar-refractivity contribution in [1.29, 1.82) is 0 Å². The molecule has 23 heavy (non-hydrogen) atoms. The number of aliphatic hydroxyl groups is 1. The van der Waals surface area contributed by atoms with Crippen LogP contribution in [0.3, 0.4) is 0 Å². The van der Waals surface area contributed by atoms with Gasteiger partial charge in [-0.3, -0.25) is 14.6 Å². The van der Waals surface area contributed by atoms with Crippen LogP contribution in [0.4, 0.5) is 5.13 Å². The van der Waals surface area contributed by atoms with Crippen LogP contribution in [0.15, 0.2) is 24.3 Å². The Labute approximate surface area is 140 Å². The number of aromatic nitrogens is 1. The number of carbonyl (C=O) groups is 1. The van der Waals surface area contributed by atoms with E-state index in [0.29, 0.717) is 13.1 Å². The Hall–Kier alpha value is -1.50. The maximum atomic E-state index is 12.8. The Bertz CT molecular complexity index is 640. The number of hydrogen-bond donors (Lipinski definition) is 1. The first-order chi connectivity index (χ1) is 11.2. The summed E-state index contributed by atoms with van der Waals surface area (Å²) in [4.78, 5) is 21.2. The number of amides is 1. The molecule has 0 unspecified atom stereocenters. The Kier molecular flexibility index (Phi) is 5.25. The lowest BCUT2D eigenvalue weighted by Crippen LogP contribution is -2.48. The van der Waals surface area contributed by atoms with Crippen molar-refractivity contribution < 1.29 is 9.90 Å². The third kappa shape index (κ3) is 3.54. The molecule has 1 N–H and O–H groups in total. The molecule has 2 heterocycles. The first-order valence-electron chi connectivity index (χ1n) is 8.23. The normalized spacial score (nSPS) is 19.1. The van der Waals surface area contributed by atoms with Gasteiger partial charge in [0.05, 0.1) is 23.4 Å². The standard InChI is InChI=1S/C17H23N3O2S/c1-2-20(17-18-14-8-3-4-9-15(14)23-17)16(22)11-19-10-6-5-7-13(19)12-21/h3-4,8-9,13,21H,2,5-7,10-12H2,1H3/t13-/m1/s1. The number of likely N-dealkylation sites (tertiary alicyclic amines) is 1. The first kappa shape index (κ1) is 16.4. The Morgan fingerprint density at radius 2 is 2.26 bits per heavy atom. The van der Waals surface area contributed by atoms with Crippen molar-refractivity contribution in [2.75, 3.05) is 31.1 Å². The summed E-state index contributed by atoms with van der Waals surface area (Å²) in [6.45, 7) is 3.95. The zero-order valence-electron chi connectivity index (χ0n) is 13.4. The van der Waals surface area contributed by atoms with Crippen LogP contribution in [-0.2, 0) is 4.79 Å². The average Bonchev–Trinajstić information content (AvgIpc) is 2.99. The van der Waals surface area contributed by atoms with Crippen molar-refractivity contribution >= 4 is 32.6 Å². The van der Waals surface area contributed by atoms with Crippen molar-refractivity contribution in [3.05, 3.63) is 24.3 Å². The molecule has 1 aromatic carbocycles. The van der Waals surface area contributed by atoms with E-state index < -0.39 is 0 Å². The van der Waals surface area contributed by atoms with E-state index in [4.69, 9.17) is 0 Å². The Morgan fingerprint density at radius 3 is 3.00 bits per heavy atom. The number of carbonyl (C=O) groups excluding carboxylic acids is 1. The summed E-state index contributed by atoms with van der Waals surface area (Å²) < 4.78 is 1.10. The Balaban J connectivity index is 1.75. The molecule has 5 nitrogen and oxygen atoms in total. The molecule has 1 fully saturated rings. The lowest BCUT2D eigenvalue weighted by atomic mass is 10.0. The maximum Gasteiger partial charge on any atom is 0.242 e. The van der Waals surface area contributed by atoms with E-state index in [9.17, 15) is 9.90 Å². The molecule has 124 valence electrons. The monoisotopic (exact) mass is 333 g/mol. The minimum absolute atomic E-state index is 0.0620. The molecular formula is C17H23N3O2S. The van der Waals surface area contributed by atoms with Crippen LogP contribution in [0, 0.1) is 0 Å². The van der Waals surface area contributed by atoms with Crippen molar-refractivity contribution in [2.45, 2.75) is 32.2 Å². The summed E-state index contributed by atoms with van der Waals surface area (Å²) in [5.74, 6) is 0.0620. The number of fused-ring (bicyclic) bond motifs is 1. The predicted octanol–water partition coefficient (Wildman–Crippen LogP) is 2.50. The number of rotatable bonds is 5. The number of nitrogens with zero attached hydrogens (tertiary/aromatic N) is 3. The number of thiazole rings is 1. The summed E-state index contributed by atoms with van der Waals surface area (Å²) in [5, 5.41) is 10.3. The summed E-state index contributed by atoms with van der Waals surface area (Å²) >= 11 is 1.55. The second kappa shape index (κ2) is 7.38. The van der Waals surface area contributed by atoms with Crippen LogP contribution in [0.1, 0.15) is 26.2 Å². The van der Waals surface area contributed by atoms with E-state index in [0.717, 1.165) is 41.2 Å². The number of para-hydroxylation sites is 1. The fraction of sp³-hybridized carbons (Fsp3) is 0.529. The summed E-state index contributed by atoms with van der Waals surface area (Å²) in [5.41, 5.74) is 0.935. The number of hydrogen-bond acceptors (Lipinski definition) is 5. The lowest BCUT2D eigenvalue weighted by molar-refractivity contribution is -0.120. The second-order valence-electron chi connectivity index (χ2n) is 5.90. The van der Waals surface area contributed by atoms with Gasteiger partial charge in [0, 0.05) is 12.6 Å². The summed E-state index contributed by atoms with van der Waals surface area (Å²) in [6, 6.07) is 8.06. The molecule has 0 saturated carbocycles. The van der Waals surface area contributed by atoms with Crippen molar-refractivity contribution in [3.8, 4) is 0 Å². The molecular weight excluding hydrogens is 310 g/mol. The minimum atomic E-state index is 0.0620.